The quantitative estimate of drug-likeness (QED) is 0.209. The minimum Gasteiger partial charge on any atom is -0.456 e. The van der Waals surface area contributed by atoms with Gasteiger partial charge in [0.2, 0.25) is 0 Å². The number of nitrogens with zero attached hydrogens (tertiary/aromatic N) is 3. The Morgan fingerprint density at radius 1 is 0.378 bits per heavy atom. The lowest BCUT2D eigenvalue weighted by molar-refractivity contribution is 0.669. The molecule has 0 amide bonds. The van der Waals surface area contributed by atoms with Crippen LogP contribution in [-0.4, -0.2) is 15.0 Å². The van der Waals surface area contributed by atoms with E-state index in [1.165, 1.54) is 0 Å². The molecule has 0 aliphatic rings. The Balaban J connectivity index is 1.24. The fourth-order valence-electron chi connectivity index (χ4n) is 6.31. The first-order chi connectivity index (χ1) is 22.3. The molecule has 0 radical (unpaired) electrons. The number of para-hydroxylation sites is 2. The van der Waals surface area contributed by atoms with Crippen LogP contribution in [0.5, 0.6) is 0 Å². The average molecular weight is 576 g/mol. The molecule has 9 rings (SSSR count). The van der Waals surface area contributed by atoms with E-state index in [1.54, 1.807) is 0 Å². The highest BCUT2D eigenvalue weighted by molar-refractivity contribution is 6.09. The Kier molecular flexibility index (Phi) is 5.78. The van der Waals surface area contributed by atoms with E-state index in [-0.39, 0.29) is 0 Å². The van der Waals surface area contributed by atoms with Gasteiger partial charge in [0, 0.05) is 27.3 Å². The molecule has 0 bridgehead atoms. The van der Waals surface area contributed by atoms with E-state index in [1.807, 2.05) is 54.6 Å². The summed E-state index contributed by atoms with van der Waals surface area (Å²) in [5.74, 6) is 0.600. The molecule has 9 aromatic rings. The molecule has 4 nitrogen and oxygen atoms in total. The Labute approximate surface area is 259 Å². The fourth-order valence-corrected chi connectivity index (χ4v) is 6.31. The SMILES string of the molecule is c1ccc(-c2cc(-c3ccc(-c4ccc5oc6ccccc6c5c4)c4ccccc34)nc(-c3ccc4ccccc4n3)n2)cc1. The highest BCUT2D eigenvalue weighted by atomic mass is 16.3. The van der Waals surface area contributed by atoms with E-state index in [4.69, 9.17) is 19.4 Å². The molecule has 0 aliphatic heterocycles. The van der Waals surface area contributed by atoms with Crippen molar-refractivity contribution in [3.8, 4) is 45.2 Å². The van der Waals surface area contributed by atoms with Crippen LogP contribution in [0.1, 0.15) is 0 Å². The third kappa shape index (κ3) is 4.35. The first kappa shape index (κ1) is 25.4. The maximum absolute atomic E-state index is 6.11. The maximum Gasteiger partial charge on any atom is 0.179 e. The van der Waals surface area contributed by atoms with Gasteiger partial charge in [0.15, 0.2) is 5.82 Å². The van der Waals surface area contributed by atoms with Gasteiger partial charge in [-0.15, -0.1) is 0 Å². The largest absolute Gasteiger partial charge is 0.456 e. The topological polar surface area (TPSA) is 51.8 Å². The van der Waals surface area contributed by atoms with Crippen molar-refractivity contribution < 1.29 is 4.42 Å². The lowest BCUT2D eigenvalue weighted by Gasteiger charge is -2.14. The van der Waals surface area contributed by atoms with Crippen LogP contribution in [0.25, 0.3) is 88.8 Å². The van der Waals surface area contributed by atoms with Crippen molar-refractivity contribution in [3.05, 3.63) is 152 Å². The van der Waals surface area contributed by atoms with E-state index in [0.717, 1.165) is 82.9 Å². The molecule has 6 aromatic carbocycles. The zero-order chi connectivity index (χ0) is 29.7. The third-order valence-electron chi connectivity index (χ3n) is 8.51. The number of rotatable bonds is 4. The summed E-state index contributed by atoms with van der Waals surface area (Å²) in [6.45, 7) is 0. The summed E-state index contributed by atoms with van der Waals surface area (Å²) in [4.78, 5) is 15.1. The molecule has 0 atom stereocenters. The van der Waals surface area contributed by atoms with Crippen LogP contribution in [0.4, 0.5) is 0 Å². The molecule has 3 aromatic heterocycles. The third-order valence-corrected chi connectivity index (χ3v) is 8.51. The van der Waals surface area contributed by atoms with Gasteiger partial charge in [0.25, 0.3) is 0 Å². The molecule has 210 valence electrons. The summed E-state index contributed by atoms with van der Waals surface area (Å²) >= 11 is 0. The summed E-state index contributed by atoms with van der Waals surface area (Å²) in [5.41, 5.74) is 9.56. The number of hydrogen-bond acceptors (Lipinski definition) is 4. The molecule has 0 fully saturated rings. The highest BCUT2D eigenvalue weighted by Crippen LogP contribution is 2.39. The van der Waals surface area contributed by atoms with E-state index in [2.05, 4.69) is 97.1 Å². The smallest absolute Gasteiger partial charge is 0.179 e. The van der Waals surface area contributed by atoms with Crippen LogP contribution in [0.2, 0.25) is 0 Å². The van der Waals surface area contributed by atoms with Gasteiger partial charge >= 0.3 is 0 Å². The zero-order valence-electron chi connectivity index (χ0n) is 24.2. The summed E-state index contributed by atoms with van der Waals surface area (Å²) < 4.78 is 6.11. The lowest BCUT2D eigenvalue weighted by Crippen LogP contribution is -1.98. The molecular formula is C41H25N3O. The molecular weight excluding hydrogens is 550 g/mol. The second-order valence-corrected chi connectivity index (χ2v) is 11.2. The molecule has 0 saturated carbocycles. The van der Waals surface area contributed by atoms with Gasteiger partial charge in [-0.2, -0.15) is 0 Å². The minimum atomic E-state index is 0.600. The van der Waals surface area contributed by atoms with Crippen LogP contribution in [0.3, 0.4) is 0 Å². The van der Waals surface area contributed by atoms with Crippen LogP contribution in [0, 0.1) is 0 Å². The predicted octanol–water partition coefficient (Wildman–Crippen LogP) is 10.7. The van der Waals surface area contributed by atoms with Crippen molar-refractivity contribution in [2.75, 3.05) is 0 Å². The molecule has 4 heteroatoms. The van der Waals surface area contributed by atoms with Gasteiger partial charge in [-0.05, 0) is 58.3 Å². The number of aromatic nitrogens is 3. The molecule has 0 spiro atoms. The number of hydrogen-bond donors (Lipinski definition) is 0. The van der Waals surface area contributed by atoms with Gasteiger partial charge in [-0.25, -0.2) is 15.0 Å². The summed E-state index contributed by atoms with van der Waals surface area (Å²) in [5, 5.41) is 5.62. The van der Waals surface area contributed by atoms with Gasteiger partial charge in [0.05, 0.1) is 16.9 Å². The van der Waals surface area contributed by atoms with E-state index >= 15 is 0 Å². The minimum absolute atomic E-state index is 0.600. The first-order valence-corrected chi connectivity index (χ1v) is 15.0. The van der Waals surface area contributed by atoms with Crippen LogP contribution >= 0.6 is 0 Å². The molecule has 3 heterocycles. The van der Waals surface area contributed by atoms with Crippen molar-refractivity contribution in [1.82, 2.24) is 15.0 Å². The monoisotopic (exact) mass is 575 g/mol. The predicted molar refractivity (Wildman–Crippen MR) is 184 cm³/mol. The number of fused-ring (bicyclic) bond motifs is 5. The zero-order valence-corrected chi connectivity index (χ0v) is 24.2. The Hall–Kier alpha value is -6.13. The normalized spacial score (nSPS) is 11.6. The summed E-state index contributed by atoms with van der Waals surface area (Å²) in [6.07, 6.45) is 0. The molecule has 0 unspecified atom stereocenters. The van der Waals surface area contributed by atoms with Crippen molar-refractivity contribution in [3.63, 3.8) is 0 Å². The Morgan fingerprint density at radius 2 is 1.07 bits per heavy atom. The Bertz CT molecular complexity index is 2550. The van der Waals surface area contributed by atoms with Gasteiger partial charge < -0.3 is 4.42 Å². The van der Waals surface area contributed by atoms with E-state index in [9.17, 15) is 0 Å². The van der Waals surface area contributed by atoms with Gasteiger partial charge in [-0.3, -0.25) is 0 Å². The van der Waals surface area contributed by atoms with Crippen LogP contribution in [-0.2, 0) is 0 Å². The van der Waals surface area contributed by atoms with Crippen molar-refractivity contribution >= 4 is 43.6 Å². The van der Waals surface area contributed by atoms with Crippen molar-refractivity contribution in [2.24, 2.45) is 0 Å². The summed E-state index contributed by atoms with van der Waals surface area (Å²) in [6, 6.07) is 52.2. The lowest BCUT2D eigenvalue weighted by atomic mass is 9.93. The number of pyridine rings is 1. The van der Waals surface area contributed by atoms with Crippen LogP contribution < -0.4 is 0 Å². The van der Waals surface area contributed by atoms with Crippen molar-refractivity contribution in [2.45, 2.75) is 0 Å². The average Bonchev–Trinajstić information content (AvgIpc) is 3.49. The Morgan fingerprint density at radius 3 is 1.96 bits per heavy atom. The first-order valence-electron chi connectivity index (χ1n) is 15.0. The van der Waals surface area contributed by atoms with Gasteiger partial charge in [-0.1, -0.05) is 115 Å². The molecule has 0 saturated heterocycles. The maximum atomic E-state index is 6.11. The molecule has 0 N–H and O–H groups in total. The van der Waals surface area contributed by atoms with E-state index in [0.29, 0.717) is 5.82 Å². The van der Waals surface area contributed by atoms with Crippen LogP contribution in [0.15, 0.2) is 156 Å². The van der Waals surface area contributed by atoms with Gasteiger partial charge in [0.1, 0.15) is 16.9 Å². The molecule has 45 heavy (non-hydrogen) atoms. The highest BCUT2D eigenvalue weighted by Gasteiger charge is 2.16. The second kappa shape index (κ2) is 10.2. The molecule has 0 aliphatic carbocycles. The standard InChI is InChI=1S/C41H25N3O/c1-2-10-26(11-3-1)37-25-38(44-41(43-37)36-22-18-27-12-4-8-16-35(27)42-36)32-21-20-29(30-13-5-6-14-31(30)32)28-19-23-40-34(24-28)33-15-7-9-17-39(33)45-40/h1-25H. The van der Waals surface area contributed by atoms with Crippen molar-refractivity contribution in [1.29, 1.82) is 0 Å². The summed E-state index contributed by atoms with van der Waals surface area (Å²) in [7, 11) is 0. The fraction of sp³-hybridized carbons (Fsp3) is 0. The number of furan rings is 1. The second-order valence-electron chi connectivity index (χ2n) is 11.2. The van der Waals surface area contributed by atoms with E-state index < -0.39 is 0 Å². The number of benzene rings is 6.